The highest BCUT2D eigenvalue weighted by molar-refractivity contribution is 6.78. The minimum atomic E-state index is -1.46. The molecule has 16 heavy (non-hydrogen) atoms. The number of hydrogen-bond acceptors (Lipinski definition) is 3. The fourth-order valence-electron chi connectivity index (χ4n) is 1.84. The van der Waals surface area contributed by atoms with Crippen LogP contribution in [0.4, 0.5) is 0 Å². The Morgan fingerprint density at radius 2 is 1.94 bits per heavy atom. The summed E-state index contributed by atoms with van der Waals surface area (Å²) in [6.45, 7) is 8.98. The molecule has 0 saturated heterocycles. The fraction of sp³-hybridized carbons (Fsp3) is 0.583. The van der Waals surface area contributed by atoms with E-state index in [2.05, 4.69) is 19.6 Å². The lowest BCUT2D eigenvalue weighted by Crippen LogP contribution is -2.35. The quantitative estimate of drug-likeness (QED) is 0.562. The molecule has 0 unspecified atom stereocenters. The molecule has 0 N–H and O–H groups in total. The molecule has 1 aliphatic rings. The number of carbonyl (C=O) groups excluding carboxylic acids is 1. The number of esters is 1. The Balaban J connectivity index is 2.92. The van der Waals surface area contributed by atoms with Gasteiger partial charge in [-0.2, -0.15) is 0 Å². The summed E-state index contributed by atoms with van der Waals surface area (Å²) >= 11 is 0. The van der Waals surface area contributed by atoms with Gasteiger partial charge in [-0.1, -0.05) is 19.6 Å². The summed E-state index contributed by atoms with van der Waals surface area (Å²) in [4.78, 5) is 11.9. The van der Waals surface area contributed by atoms with E-state index in [1.54, 1.807) is 18.6 Å². The smallest absolute Gasteiger partial charge is 0.313 e. The van der Waals surface area contributed by atoms with E-state index < -0.39 is 8.07 Å². The molecule has 0 fully saturated rings. The van der Waals surface area contributed by atoms with E-state index in [0.717, 1.165) is 0 Å². The lowest BCUT2D eigenvalue weighted by molar-refractivity contribution is -0.146. The topological polar surface area (TPSA) is 35.5 Å². The van der Waals surface area contributed by atoms with Crippen molar-refractivity contribution in [1.29, 1.82) is 0 Å². The molecular formula is C12H20O3Si. The zero-order valence-electron chi connectivity index (χ0n) is 10.4. The summed E-state index contributed by atoms with van der Waals surface area (Å²) in [5.74, 6) is -0.355. The standard InChI is InChI=1S/C12H20O3Si/c1-5-15-12(13)10-6-8-14-9-7-11(10)16(2,3)4/h6-11H,5H2,1-4H3/t10-,11+/m0/s1. The molecule has 0 aromatic rings. The van der Waals surface area contributed by atoms with Gasteiger partial charge in [0.25, 0.3) is 0 Å². The van der Waals surface area contributed by atoms with Gasteiger partial charge in [0.1, 0.15) is 0 Å². The van der Waals surface area contributed by atoms with Gasteiger partial charge in [-0.3, -0.25) is 4.79 Å². The van der Waals surface area contributed by atoms with Crippen molar-refractivity contribution in [2.45, 2.75) is 32.1 Å². The maximum Gasteiger partial charge on any atom is 0.313 e. The second kappa shape index (κ2) is 5.34. The van der Waals surface area contributed by atoms with Gasteiger partial charge in [-0.05, 0) is 24.6 Å². The monoisotopic (exact) mass is 240 g/mol. The Labute approximate surface area is 98.1 Å². The molecule has 1 heterocycles. The SMILES string of the molecule is CCOC(=O)[C@H]1C=COC=C[C@H]1[Si](C)(C)C. The molecule has 1 aliphatic heterocycles. The van der Waals surface area contributed by atoms with Gasteiger partial charge in [0, 0.05) is 0 Å². The molecule has 0 aromatic carbocycles. The van der Waals surface area contributed by atoms with E-state index in [1.807, 2.05) is 13.0 Å². The van der Waals surface area contributed by atoms with Gasteiger partial charge in [-0.15, -0.1) is 0 Å². The Bertz CT molecular complexity index is 302. The molecule has 0 bridgehead atoms. The van der Waals surface area contributed by atoms with Gasteiger partial charge in [0.2, 0.25) is 0 Å². The molecule has 0 aromatic heterocycles. The third kappa shape index (κ3) is 3.23. The third-order valence-corrected chi connectivity index (χ3v) is 5.23. The first-order valence-corrected chi connectivity index (χ1v) is 9.20. The first-order valence-electron chi connectivity index (χ1n) is 5.62. The van der Waals surface area contributed by atoms with Crippen LogP contribution in [-0.2, 0) is 14.3 Å². The van der Waals surface area contributed by atoms with Crippen LogP contribution in [0, 0.1) is 5.92 Å². The van der Waals surface area contributed by atoms with Crippen LogP contribution in [0.1, 0.15) is 6.92 Å². The Morgan fingerprint density at radius 1 is 1.31 bits per heavy atom. The van der Waals surface area contributed by atoms with Gasteiger partial charge in [0.05, 0.1) is 33.1 Å². The maximum absolute atomic E-state index is 11.9. The second-order valence-electron chi connectivity index (χ2n) is 4.96. The Kier molecular flexibility index (Phi) is 4.35. The van der Waals surface area contributed by atoms with E-state index in [1.165, 1.54) is 0 Å². The van der Waals surface area contributed by atoms with Crippen molar-refractivity contribution >= 4 is 14.0 Å². The molecule has 90 valence electrons. The third-order valence-electron chi connectivity index (χ3n) is 2.67. The van der Waals surface area contributed by atoms with Crippen LogP contribution in [-0.4, -0.2) is 20.7 Å². The zero-order chi connectivity index (χ0) is 12.2. The number of rotatable bonds is 3. The van der Waals surface area contributed by atoms with Crippen LogP contribution < -0.4 is 0 Å². The van der Waals surface area contributed by atoms with Crippen LogP contribution in [0.15, 0.2) is 24.7 Å². The number of carbonyl (C=O) groups is 1. The zero-order valence-corrected chi connectivity index (χ0v) is 11.4. The van der Waals surface area contributed by atoms with E-state index in [0.29, 0.717) is 6.61 Å². The lowest BCUT2D eigenvalue weighted by Gasteiger charge is -2.29. The van der Waals surface area contributed by atoms with Crippen LogP contribution >= 0.6 is 0 Å². The minimum Gasteiger partial charge on any atom is -0.473 e. The normalized spacial score (nSPS) is 24.8. The van der Waals surface area contributed by atoms with Crippen molar-refractivity contribution < 1.29 is 14.3 Å². The van der Waals surface area contributed by atoms with E-state index in [-0.39, 0.29) is 17.4 Å². The van der Waals surface area contributed by atoms with E-state index in [9.17, 15) is 4.79 Å². The van der Waals surface area contributed by atoms with Crippen molar-refractivity contribution in [2.75, 3.05) is 6.61 Å². The summed E-state index contributed by atoms with van der Waals surface area (Å²) in [5, 5.41) is 0. The summed E-state index contributed by atoms with van der Waals surface area (Å²) < 4.78 is 10.2. The number of allylic oxidation sites excluding steroid dienone is 1. The van der Waals surface area contributed by atoms with Crippen LogP contribution in [0.25, 0.3) is 0 Å². The summed E-state index contributed by atoms with van der Waals surface area (Å²) in [7, 11) is -1.46. The molecular weight excluding hydrogens is 220 g/mol. The minimum absolute atomic E-state index is 0.152. The summed E-state index contributed by atoms with van der Waals surface area (Å²) in [6, 6.07) is 0. The largest absolute Gasteiger partial charge is 0.473 e. The van der Waals surface area contributed by atoms with Crippen LogP contribution in [0.3, 0.4) is 0 Å². The van der Waals surface area contributed by atoms with Gasteiger partial charge in [-0.25, -0.2) is 0 Å². The molecule has 0 spiro atoms. The van der Waals surface area contributed by atoms with Crippen molar-refractivity contribution in [2.24, 2.45) is 5.92 Å². The first-order chi connectivity index (χ1) is 7.46. The maximum atomic E-state index is 11.9. The van der Waals surface area contributed by atoms with Gasteiger partial charge < -0.3 is 9.47 Å². The Morgan fingerprint density at radius 3 is 2.50 bits per heavy atom. The highest BCUT2D eigenvalue weighted by Crippen LogP contribution is 2.34. The van der Waals surface area contributed by atoms with Crippen molar-refractivity contribution in [3.05, 3.63) is 24.7 Å². The molecule has 2 atom stereocenters. The van der Waals surface area contributed by atoms with E-state index >= 15 is 0 Å². The lowest BCUT2D eigenvalue weighted by atomic mass is 10.1. The van der Waals surface area contributed by atoms with Crippen molar-refractivity contribution in [3.8, 4) is 0 Å². The Hall–Kier alpha value is -1.03. The first kappa shape index (κ1) is 13.0. The predicted octanol–water partition coefficient (Wildman–Crippen LogP) is 2.93. The molecule has 0 saturated carbocycles. The number of hydrogen-bond donors (Lipinski definition) is 0. The fourth-order valence-corrected chi connectivity index (χ4v) is 3.82. The molecule has 0 amide bonds. The average molecular weight is 240 g/mol. The van der Waals surface area contributed by atoms with Crippen molar-refractivity contribution in [3.63, 3.8) is 0 Å². The van der Waals surface area contributed by atoms with Crippen LogP contribution in [0.2, 0.25) is 25.2 Å². The highest BCUT2D eigenvalue weighted by Gasteiger charge is 2.36. The average Bonchev–Trinajstić information content (AvgIpc) is 2.41. The highest BCUT2D eigenvalue weighted by atomic mass is 28.3. The predicted molar refractivity (Wildman–Crippen MR) is 66.6 cm³/mol. The molecule has 0 radical (unpaired) electrons. The molecule has 1 rings (SSSR count). The van der Waals surface area contributed by atoms with Crippen LogP contribution in [0.5, 0.6) is 0 Å². The van der Waals surface area contributed by atoms with E-state index in [4.69, 9.17) is 9.47 Å². The molecule has 0 aliphatic carbocycles. The summed E-state index contributed by atoms with van der Waals surface area (Å²) in [5.41, 5.74) is 0.227. The van der Waals surface area contributed by atoms with Crippen molar-refractivity contribution in [1.82, 2.24) is 0 Å². The molecule has 4 heteroatoms. The summed E-state index contributed by atoms with van der Waals surface area (Å²) in [6.07, 6.45) is 7.03. The number of ether oxygens (including phenoxy) is 2. The second-order valence-corrected chi connectivity index (χ2v) is 10.4. The molecule has 3 nitrogen and oxygen atoms in total. The van der Waals surface area contributed by atoms with Gasteiger partial charge >= 0.3 is 5.97 Å². The van der Waals surface area contributed by atoms with Gasteiger partial charge in [0.15, 0.2) is 0 Å².